The molecule has 2 rings (SSSR count). The summed E-state index contributed by atoms with van der Waals surface area (Å²) in [6.07, 6.45) is 3.85. The Morgan fingerprint density at radius 3 is 2.65 bits per heavy atom. The van der Waals surface area contributed by atoms with Crippen LogP contribution in [0.15, 0.2) is 47.0 Å². The van der Waals surface area contributed by atoms with E-state index in [1.807, 2.05) is 19.1 Å². The van der Waals surface area contributed by atoms with Gasteiger partial charge >= 0.3 is 0 Å². The quantitative estimate of drug-likeness (QED) is 0.787. The average molecular weight is 251 g/mol. The van der Waals surface area contributed by atoms with Crippen molar-refractivity contribution < 1.29 is 13.0 Å². The summed E-state index contributed by atoms with van der Waals surface area (Å²) < 4.78 is 31.7. The Labute approximate surface area is 100 Å². The number of nitrogens with one attached hydrogen (secondary N) is 1. The first-order valence-electron chi connectivity index (χ1n) is 5.18. The van der Waals surface area contributed by atoms with E-state index >= 15 is 0 Å². The van der Waals surface area contributed by atoms with Gasteiger partial charge in [0.15, 0.2) is 0 Å². The van der Waals surface area contributed by atoms with E-state index in [2.05, 4.69) is 5.32 Å². The van der Waals surface area contributed by atoms with Gasteiger partial charge in [-0.15, -0.1) is 0 Å². The SMILES string of the molecule is C/C(=C1\C=CCN1)c1ccccc1S(=O)(=O)O. The summed E-state index contributed by atoms with van der Waals surface area (Å²) in [7, 11) is -4.19. The molecule has 1 aliphatic heterocycles. The second kappa shape index (κ2) is 4.35. The van der Waals surface area contributed by atoms with Gasteiger partial charge in [-0.1, -0.05) is 24.3 Å². The van der Waals surface area contributed by atoms with E-state index in [9.17, 15) is 13.0 Å². The summed E-state index contributed by atoms with van der Waals surface area (Å²) in [6, 6.07) is 6.40. The molecule has 0 atom stereocenters. The fourth-order valence-corrected chi connectivity index (χ4v) is 2.56. The largest absolute Gasteiger partial charge is 0.381 e. The predicted octanol–water partition coefficient (Wildman–Crippen LogP) is 1.82. The third kappa shape index (κ3) is 2.40. The maximum atomic E-state index is 11.3. The number of allylic oxidation sites excluding steroid dienone is 2. The molecule has 5 heteroatoms. The molecule has 0 radical (unpaired) electrons. The normalized spacial score (nSPS) is 18.0. The van der Waals surface area contributed by atoms with E-state index in [0.717, 1.165) is 17.8 Å². The monoisotopic (exact) mass is 251 g/mol. The molecule has 0 unspecified atom stereocenters. The smallest absolute Gasteiger partial charge is 0.295 e. The van der Waals surface area contributed by atoms with Crippen LogP contribution in [0.4, 0.5) is 0 Å². The third-order valence-electron chi connectivity index (χ3n) is 2.67. The second-order valence-corrected chi connectivity index (χ2v) is 5.18. The summed E-state index contributed by atoms with van der Waals surface area (Å²) in [6.45, 7) is 2.56. The van der Waals surface area contributed by atoms with Crippen LogP contribution in [0.3, 0.4) is 0 Å². The molecule has 0 saturated heterocycles. The third-order valence-corrected chi connectivity index (χ3v) is 3.58. The topological polar surface area (TPSA) is 66.4 Å². The molecular weight excluding hydrogens is 238 g/mol. The van der Waals surface area contributed by atoms with Crippen molar-refractivity contribution in [2.75, 3.05) is 6.54 Å². The minimum absolute atomic E-state index is 0.0629. The Morgan fingerprint density at radius 1 is 1.35 bits per heavy atom. The minimum atomic E-state index is -4.19. The molecule has 1 aromatic carbocycles. The lowest BCUT2D eigenvalue weighted by molar-refractivity contribution is 0.483. The molecule has 0 bridgehead atoms. The summed E-state index contributed by atoms with van der Waals surface area (Å²) in [5, 5.41) is 3.13. The van der Waals surface area contributed by atoms with E-state index in [1.165, 1.54) is 6.07 Å². The first kappa shape index (κ1) is 11.9. The summed E-state index contributed by atoms with van der Waals surface area (Å²) in [4.78, 5) is -0.0629. The van der Waals surface area contributed by atoms with E-state index in [-0.39, 0.29) is 4.90 Å². The van der Waals surface area contributed by atoms with Crippen molar-refractivity contribution >= 4 is 15.7 Å². The van der Waals surface area contributed by atoms with Crippen LogP contribution in [0.2, 0.25) is 0 Å². The number of hydrogen-bond acceptors (Lipinski definition) is 3. The fourth-order valence-electron chi connectivity index (χ4n) is 1.81. The highest BCUT2D eigenvalue weighted by Gasteiger charge is 2.17. The lowest BCUT2D eigenvalue weighted by Gasteiger charge is -2.10. The standard InChI is InChI=1S/C12H13NO3S/c1-9(11-6-4-8-13-11)10-5-2-3-7-12(10)17(14,15)16/h2-7,13H,8H2,1H3,(H,14,15,16)/b11-9-. The van der Waals surface area contributed by atoms with Crippen LogP contribution in [-0.2, 0) is 10.1 Å². The zero-order valence-electron chi connectivity index (χ0n) is 9.34. The van der Waals surface area contributed by atoms with Gasteiger partial charge in [0.05, 0.1) is 0 Å². The highest BCUT2D eigenvalue weighted by molar-refractivity contribution is 7.85. The van der Waals surface area contributed by atoms with Gasteiger partial charge in [-0.3, -0.25) is 4.55 Å². The Hall–Kier alpha value is -1.59. The van der Waals surface area contributed by atoms with Gasteiger partial charge in [0.25, 0.3) is 10.1 Å². The number of hydrogen-bond donors (Lipinski definition) is 2. The fraction of sp³-hybridized carbons (Fsp3) is 0.167. The zero-order valence-corrected chi connectivity index (χ0v) is 10.2. The van der Waals surface area contributed by atoms with Gasteiger partial charge < -0.3 is 5.32 Å². The van der Waals surface area contributed by atoms with Crippen molar-refractivity contribution in [3.05, 3.63) is 47.7 Å². The molecule has 0 saturated carbocycles. The average Bonchev–Trinajstić information content (AvgIpc) is 2.80. The first-order valence-corrected chi connectivity index (χ1v) is 6.62. The van der Waals surface area contributed by atoms with Crippen molar-refractivity contribution in [1.82, 2.24) is 5.32 Å². The van der Waals surface area contributed by atoms with Crippen molar-refractivity contribution in [2.24, 2.45) is 0 Å². The van der Waals surface area contributed by atoms with Gasteiger partial charge in [-0.2, -0.15) is 8.42 Å². The Morgan fingerprint density at radius 2 is 2.06 bits per heavy atom. The molecule has 4 nitrogen and oxygen atoms in total. The van der Waals surface area contributed by atoms with Crippen LogP contribution in [0, 0.1) is 0 Å². The van der Waals surface area contributed by atoms with E-state index in [0.29, 0.717) is 5.56 Å². The Balaban J connectivity index is 2.61. The number of rotatable bonds is 2. The Bertz CT molecular complexity index is 600. The molecule has 1 aromatic rings. The molecule has 0 fully saturated rings. The van der Waals surface area contributed by atoms with E-state index in [1.54, 1.807) is 18.2 Å². The molecule has 90 valence electrons. The maximum Gasteiger partial charge on any atom is 0.295 e. The van der Waals surface area contributed by atoms with Crippen LogP contribution >= 0.6 is 0 Å². The van der Waals surface area contributed by atoms with Crippen LogP contribution in [0.5, 0.6) is 0 Å². The van der Waals surface area contributed by atoms with Crippen LogP contribution in [-0.4, -0.2) is 19.5 Å². The minimum Gasteiger partial charge on any atom is -0.381 e. The van der Waals surface area contributed by atoms with Crippen LogP contribution < -0.4 is 5.32 Å². The molecule has 17 heavy (non-hydrogen) atoms. The predicted molar refractivity (Wildman–Crippen MR) is 66.0 cm³/mol. The second-order valence-electron chi connectivity index (χ2n) is 3.79. The molecule has 0 aromatic heterocycles. The Kier molecular flexibility index (Phi) is 3.04. The highest BCUT2D eigenvalue weighted by atomic mass is 32.2. The summed E-state index contributed by atoms with van der Waals surface area (Å²) in [5.41, 5.74) is 2.19. The van der Waals surface area contributed by atoms with Crippen molar-refractivity contribution in [3.8, 4) is 0 Å². The zero-order chi connectivity index (χ0) is 12.5. The summed E-state index contributed by atoms with van der Waals surface area (Å²) in [5.74, 6) is 0. The molecule has 0 aliphatic carbocycles. The summed E-state index contributed by atoms with van der Waals surface area (Å²) >= 11 is 0. The lowest BCUT2D eigenvalue weighted by atomic mass is 10.1. The molecule has 0 spiro atoms. The molecule has 0 amide bonds. The molecule has 2 N–H and O–H groups in total. The lowest BCUT2D eigenvalue weighted by Crippen LogP contribution is -2.08. The van der Waals surface area contributed by atoms with Gasteiger partial charge in [0.2, 0.25) is 0 Å². The highest BCUT2D eigenvalue weighted by Crippen LogP contribution is 2.25. The molecular formula is C12H13NO3S. The van der Waals surface area contributed by atoms with Gasteiger partial charge in [0, 0.05) is 17.8 Å². The van der Waals surface area contributed by atoms with E-state index in [4.69, 9.17) is 0 Å². The van der Waals surface area contributed by atoms with Crippen molar-refractivity contribution in [3.63, 3.8) is 0 Å². The molecule has 1 aliphatic rings. The van der Waals surface area contributed by atoms with Gasteiger partial charge in [-0.25, -0.2) is 0 Å². The van der Waals surface area contributed by atoms with Crippen LogP contribution in [0.25, 0.3) is 5.57 Å². The van der Waals surface area contributed by atoms with Gasteiger partial charge in [0.1, 0.15) is 4.90 Å². The van der Waals surface area contributed by atoms with E-state index < -0.39 is 10.1 Å². The van der Waals surface area contributed by atoms with Crippen molar-refractivity contribution in [1.29, 1.82) is 0 Å². The van der Waals surface area contributed by atoms with Crippen LogP contribution in [0.1, 0.15) is 12.5 Å². The van der Waals surface area contributed by atoms with Gasteiger partial charge in [-0.05, 0) is 24.6 Å². The van der Waals surface area contributed by atoms with Crippen molar-refractivity contribution in [2.45, 2.75) is 11.8 Å². The first-order chi connectivity index (χ1) is 8.00. The molecule has 1 heterocycles. The maximum absolute atomic E-state index is 11.3. The number of benzene rings is 1.